The van der Waals surface area contributed by atoms with Gasteiger partial charge in [-0.2, -0.15) is 0 Å². The fourth-order valence-corrected chi connectivity index (χ4v) is 1.90. The van der Waals surface area contributed by atoms with Gasteiger partial charge in [0.15, 0.2) is 0 Å². The fraction of sp³-hybridized carbons (Fsp3) is 0.182. The molecule has 0 aliphatic rings. The lowest BCUT2D eigenvalue weighted by Gasteiger charge is -2.06. The smallest absolute Gasteiger partial charge is 0.275 e. The predicted octanol–water partition coefficient (Wildman–Crippen LogP) is 1.58. The van der Waals surface area contributed by atoms with E-state index in [9.17, 15) is 9.59 Å². The number of carbonyl (C=O) groups is 1. The average Bonchev–Trinajstić information content (AvgIpc) is 2.85. The van der Waals surface area contributed by atoms with Gasteiger partial charge in [0.1, 0.15) is 5.69 Å². The quantitative estimate of drug-likeness (QED) is 0.898. The van der Waals surface area contributed by atoms with Gasteiger partial charge in [-0.05, 0) is 13.0 Å². The summed E-state index contributed by atoms with van der Waals surface area (Å²) in [6.07, 6.45) is 1.62. The molecule has 1 amide bonds. The molecule has 0 aromatic carbocycles. The number of aryl methyl sites for hydroxylation is 1. The summed E-state index contributed by atoms with van der Waals surface area (Å²) in [7, 11) is 0. The highest BCUT2D eigenvalue weighted by molar-refractivity contribution is 7.07. The van der Waals surface area contributed by atoms with Crippen molar-refractivity contribution < 1.29 is 4.79 Å². The molecule has 0 saturated carbocycles. The summed E-state index contributed by atoms with van der Waals surface area (Å²) in [5, 5.41) is 4.36. The van der Waals surface area contributed by atoms with E-state index in [0.29, 0.717) is 17.9 Å². The van der Waals surface area contributed by atoms with Crippen molar-refractivity contribution in [3.8, 4) is 0 Å². The van der Waals surface area contributed by atoms with Crippen LogP contribution in [0.2, 0.25) is 0 Å². The highest BCUT2D eigenvalue weighted by Gasteiger charge is 2.08. The molecule has 0 atom stereocenters. The zero-order valence-electron chi connectivity index (χ0n) is 9.21. The molecule has 2 aromatic heterocycles. The van der Waals surface area contributed by atoms with Gasteiger partial charge in [-0.15, -0.1) is 11.3 Å². The zero-order valence-corrected chi connectivity index (χ0v) is 10.0. The maximum atomic E-state index is 11.7. The Labute approximate surface area is 102 Å². The number of hydrogen-bond acceptors (Lipinski definition) is 4. The zero-order chi connectivity index (χ0) is 12.3. The molecular weight excluding hydrogens is 238 g/mol. The summed E-state index contributed by atoms with van der Waals surface area (Å²) in [6, 6.07) is 3.01. The second kappa shape index (κ2) is 4.92. The molecule has 0 bridgehead atoms. The Morgan fingerprint density at radius 2 is 2.35 bits per heavy atom. The number of amides is 1. The van der Waals surface area contributed by atoms with Gasteiger partial charge in [0.2, 0.25) is 0 Å². The second-order valence-corrected chi connectivity index (χ2v) is 4.09. The first-order valence-corrected chi connectivity index (χ1v) is 6.05. The normalized spacial score (nSPS) is 10.2. The van der Waals surface area contributed by atoms with E-state index < -0.39 is 0 Å². The van der Waals surface area contributed by atoms with Gasteiger partial charge in [-0.1, -0.05) is 0 Å². The van der Waals surface area contributed by atoms with Crippen LogP contribution in [0.4, 0.5) is 5.69 Å². The van der Waals surface area contributed by atoms with Crippen molar-refractivity contribution in [2.75, 3.05) is 5.32 Å². The van der Waals surface area contributed by atoms with Gasteiger partial charge in [0, 0.05) is 24.2 Å². The maximum Gasteiger partial charge on any atom is 0.275 e. The van der Waals surface area contributed by atoms with Crippen LogP contribution in [-0.4, -0.2) is 15.5 Å². The van der Waals surface area contributed by atoms with E-state index in [1.807, 2.05) is 6.92 Å². The predicted molar refractivity (Wildman–Crippen MR) is 66.4 cm³/mol. The molecule has 0 aliphatic carbocycles. The Hall–Kier alpha value is -1.95. The first-order valence-electron chi connectivity index (χ1n) is 5.10. The molecule has 2 aromatic rings. The summed E-state index contributed by atoms with van der Waals surface area (Å²) in [6.45, 7) is 2.44. The number of carbonyl (C=O) groups excluding carboxylic acids is 1. The first-order chi connectivity index (χ1) is 8.20. The van der Waals surface area contributed by atoms with Crippen molar-refractivity contribution >= 4 is 22.9 Å². The summed E-state index contributed by atoms with van der Waals surface area (Å²) in [5.74, 6) is -0.271. The highest BCUT2D eigenvalue weighted by atomic mass is 32.1. The van der Waals surface area contributed by atoms with Gasteiger partial charge < -0.3 is 9.88 Å². The molecule has 17 heavy (non-hydrogen) atoms. The van der Waals surface area contributed by atoms with E-state index in [2.05, 4.69) is 10.3 Å². The molecule has 0 fully saturated rings. The number of rotatable bonds is 3. The molecule has 2 heterocycles. The number of nitrogens with one attached hydrogen (secondary N) is 1. The molecule has 0 saturated heterocycles. The third-order valence-electron chi connectivity index (χ3n) is 2.25. The van der Waals surface area contributed by atoms with Crippen LogP contribution in [0.3, 0.4) is 0 Å². The van der Waals surface area contributed by atoms with E-state index in [0.717, 1.165) is 0 Å². The number of nitrogens with zero attached hydrogens (tertiary/aromatic N) is 2. The van der Waals surface area contributed by atoms with Crippen LogP contribution >= 0.6 is 11.3 Å². The molecule has 5 nitrogen and oxygen atoms in total. The minimum atomic E-state index is -0.271. The van der Waals surface area contributed by atoms with Gasteiger partial charge >= 0.3 is 0 Å². The van der Waals surface area contributed by atoms with Crippen molar-refractivity contribution in [1.29, 1.82) is 0 Å². The molecule has 6 heteroatoms. The Kier molecular flexibility index (Phi) is 3.34. The standard InChI is InChI=1S/C11H11N3O2S/c1-2-14-5-8(3-4-10(14)15)13-11(16)9-6-17-7-12-9/h3-7H,2H2,1H3,(H,13,16). The summed E-state index contributed by atoms with van der Waals surface area (Å²) in [5.41, 5.74) is 2.48. The van der Waals surface area contributed by atoms with Crippen molar-refractivity contribution in [1.82, 2.24) is 9.55 Å². The van der Waals surface area contributed by atoms with Crippen LogP contribution in [0.1, 0.15) is 17.4 Å². The Morgan fingerprint density at radius 1 is 1.53 bits per heavy atom. The molecule has 88 valence electrons. The Morgan fingerprint density at radius 3 is 3.00 bits per heavy atom. The van der Waals surface area contributed by atoms with Gasteiger partial charge in [-0.3, -0.25) is 9.59 Å². The Balaban J connectivity index is 2.19. The first kappa shape index (κ1) is 11.5. The van der Waals surface area contributed by atoms with Crippen molar-refractivity contribution in [2.45, 2.75) is 13.5 Å². The van der Waals surface area contributed by atoms with Gasteiger partial charge in [-0.25, -0.2) is 4.98 Å². The molecule has 0 spiro atoms. The van der Waals surface area contributed by atoms with E-state index >= 15 is 0 Å². The minimum Gasteiger partial charge on any atom is -0.319 e. The second-order valence-electron chi connectivity index (χ2n) is 3.37. The van der Waals surface area contributed by atoms with E-state index in [1.165, 1.54) is 22.0 Å². The Bertz CT molecular complexity index is 575. The van der Waals surface area contributed by atoms with Crippen LogP contribution in [0.5, 0.6) is 0 Å². The molecule has 0 radical (unpaired) electrons. The third-order valence-corrected chi connectivity index (χ3v) is 2.83. The van der Waals surface area contributed by atoms with E-state index in [4.69, 9.17) is 0 Å². The van der Waals surface area contributed by atoms with Crippen LogP contribution < -0.4 is 10.9 Å². The minimum absolute atomic E-state index is 0.0841. The number of hydrogen-bond donors (Lipinski definition) is 1. The van der Waals surface area contributed by atoms with E-state index in [-0.39, 0.29) is 11.5 Å². The number of aromatic nitrogens is 2. The molecule has 2 rings (SSSR count). The summed E-state index contributed by atoms with van der Waals surface area (Å²) < 4.78 is 1.52. The van der Waals surface area contributed by atoms with Crippen LogP contribution in [0.25, 0.3) is 0 Å². The topological polar surface area (TPSA) is 64.0 Å². The van der Waals surface area contributed by atoms with Crippen molar-refractivity contribution in [3.05, 3.63) is 45.3 Å². The largest absolute Gasteiger partial charge is 0.319 e. The highest BCUT2D eigenvalue weighted by Crippen LogP contribution is 2.07. The van der Waals surface area contributed by atoms with E-state index in [1.54, 1.807) is 23.2 Å². The lowest BCUT2D eigenvalue weighted by molar-refractivity contribution is 0.102. The number of anilines is 1. The number of thiazole rings is 1. The van der Waals surface area contributed by atoms with Crippen LogP contribution in [0, 0.1) is 0 Å². The SMILES string of the molecule is CCn1cc(NC(=O)c2cscn2)ccc1=O. The van der Waals surface area contributed by atoms with Crippen molar-refractivity contribution in [2.24, 2.45) is 0 Å². The van der Waals surface area contributed by atoms with Gasteiger partial charge in [0.05, 0.1) is 11.2 Å². The maximum absolute atomic E-state index is 11.7. The molecule has 0 unspecified atom stereocenters. The molecule has 1 N–H and O–H groups in total. The van der Waals surface area contributed by atoms with Crippen LogP contribution in [0.15, 0.2) is 34.0 Å². The lowest BCUT2D eigenvalue weighted by atomic mass is 10.3. The average molecular weight is 249 g/mol. The van der Waals surface area contributed by atoms with Gasteiger partial charge in [0.25, 0.3) is 11.5 Å². The third kappa shape index (κ3) is 2.59. The fourth-order valence-electron chi connectivity index (χ4n) is 1.37. The summed E-state index contributed by atoms with van der Waals surface area (Å²) in [4.78, 5) is 27.0. The summed E-state index contributed by atoms with van der Waals surface area (Å²) >= 11 is 1.36. The van der Waals surface area contributed by atoms with Crippen LogP contribution in [-0.2, 0) is 6.54 Å². The lowest BCUT2D eigenvalue weighted by Crippen LogP contribution is -2.19. The monoisotopic (exact) mass is 249 g/mol. The van der Waals surface area contributed by atoms with Crippen molar-refractivity contribution in [3.63, 3.8) is 0 Å². The molecule has 0 aliphatic heterocycles. The molecular formula is C11H11N3O2S. The number of pyridine rings is 1.